The fourth-order valence-corrected chi connectivity index (χ4v) is 7.82. The van der Waals surface area contributed by atoms with Crippen LogP contribution in [0.4, 0.5) is 11.4 Å². The number of hydrogen-bond acceptors (Lipinski definition) is 2. The Kier molecular flexibility index (Phi) is 7.70. The van der Waals surface area contributed by atoms with Gasteiger partial charge in [0.2, 0.25) is 0 Å². The Morgan fingerprint density at radius 3 is 2.28 bits per heavy atom. The van der Waals surface area contributed by atoms with Gasteiger partial charge in [0.05, 0.1) is 11.4 Å². The second-order valence-corrected chi connectivity index (χ2v) is 13.1. The fourth-order valence-electron chi connectivity index (χ4n) is 7.82. The molecule has 2 aliphatic carbocycles. The van der Waals surface area contributed by atoms with Crippen LogP contribution in [-0.2, 0) is 12.8 Å². The van der Waals surface area contributed by atoms with Crippen molar-refractivity contribution in [1.29, 1.82) is 0 Å². The van der Waals surface area contributed by atoms with E-state index < -0.39 is 0 Å². The van der Waals surface area contributed by atoms with E-state index in [1.165, 1.54) is 62.6 Å². The zero-order valence-corrected chi connectivity index (χ0v) is 23.8. The third-order valence-electron chi connectivity index (χ3n) is 10.0. The molecule has 0 spiro atoms. The number of nitrogens with zero attached hydrogens (tertiary/aromatic N) is 2. The molecule has 1 saturated carbocycles. The van der Waals surface area contributed by atoms with Crippen molar-refractivity contribution < 1.29 is 0 Å². The van der Waals surface area contributed by atoms with Crippen molar-refractivity contribution >= 4 is 11.4 Å². The molecule has 4 atom stereocenters. The van der Waals surface area contributed by atoms with Crippen molar-refractivity contribution in [2.45, 2.75) is 98.1 Å². The van der Waals surface area contributed by atoms with Crippen LogP contribution in [0.2, 0.25) is 0 Å². The first-order chi connectivity index (χ1) is 17.3. The zero-order chi connectivity index (χ0) is 25.4. The quantitative estimate of drug-likeness (QED) is 0.368. The molecule has 2 heteroatoms. The predicted octanol–water partition coefficient (Wildman–Crippen LogP) is 8.69. The van der Waals surface area contributed by atoms with E-state index in [4.69, 9.17) is 0 Å². The average molecular weight is 487 g/mol. The smallest absolute Gasteiger partial charge is 0.104 e. The van der Waals surface area contributed by atoms with Crippen LogP contribution in [0, 0.1) is 29.6 Å². The first-order valence-electron chi connectivity index (χ1n) is 15.0. The number of hydrogen-bond donors (Lipinski definition) is 0. The Bertz CT molecular complexity index is 1000. The first-order valence-corrected chi connectivity index (χ1v) is 15.0. The van der Waals surface area contributed by atoms with Crippen LogP contribution >= 0.6 is 0 Å². The van der Waals surface area contributed by atoms with Crippen molar-refractivity contribution in [3.8, 4) is 0 Å². The summed E-state index contributed by atoms with van der Waals surface area (Å²) in [4.78, 5) is 5.60. The van der Waals surface area contributed by atoms with Crippen LogP contribution < -0.4 is 9.80 Å². The van der Waals surface area contributed by atoms with Gasteiger partial charge >= 0.3 is 0 Å². The zero-order valence-electron chi connectivity index (χ0n) is 23.8. The number of anilines is 2. The maximum absolute atomic E-state index is 2.86. The summed E-state index contributed by atoms with van der Waals surface area (Å²) in [6, 6.07) is 16.4. The Labute approximate surface area is 221 Å². The van der Waals surface area contributed by atoms with Crippen LogP contribution in [0.25, 0.3) is 0 Å². The van der Waals surface area contributed by atoms with Gasteiger partial charge in [0.25, 0.3) is 0 Å². The largest absolute Gasteiger partial charge is 0.352 e. The molecule has 1 aliphatic heterocycles. The Morgan fingerprint density at radius 2 is 1.61 bits per heavy atom. The van der Waals surface area contributed by atoms with Crippen molar-refractivity contribution in [3.05, 3.63) is 59.2 Å². The van der Waals surface area contributed by atoms with E-state index in [2.05, 4.69) is 93.9 Å². The molecule has 196 valence electrons. The molecule has 0 aromatic heterocycles. The summed E-state index contributed by atoms with van der Waals surface area (Å²) < 4.78 is 0. The molecule has 2 aromatic carbocycles. The second-order valence-electron chi connectivity index (χ2n) is 13.1. The van der Waals surface area contributed by atoms with Crippen LogP contribution in [0.15, 0.2) is 42.5 Å². The van der Waals surface area contributed by atoms with E-state index in [0.717, 1.165) is 30.2 Å². The van der Waals surface area contributed by atoms with Gasteiger partial charge in [-0.3, -0.25) is 0 Å². The van der Waals surface area contributed by atoms with Gasteiger partial charge in [-0.1, -0.05) is 83.9 Å². The van der Waals surface area contributed by atoms with Crippen molar-refractivity contribution in [3.63, 3.8) is 0 Å². The summed E-state index contributed by atoms with van der Waals surface area (Å²) in [6.07, 6.45) is 11.2. The maximum Gasteiger partial charge on any atom is 0.104 e. The molecular weight excluding hydrogens is 436 g/mol. The molecule has 2 nitrogen and oxygen atoms in total. The van der Waals surface area contributed by atoms with Crippen LogP contribution in [0.1, 0.15) is 95.8 Å². The SMILES string of the molecule is CC(C)C[C@@H](CN1c2ccc3c(c2N(C)C1C1CCCC1)C[C@H](C(C)C(C)C)CC3)c1ccccc1. The highest BCUT2D eigenvalue weighted by Gasteiger charge is 2.43. The third-order valence-corrected chi connectivity index (χ3v) is 10.0. The van der Waals surface area contributed by atoms with E-state index in [1.54, 1.807) is 16.8 Å². The Morgan fingerprint density at radius 1 is 0.889 bits per heavy atom. The minimum atomic E-state index is 0.510. The molecule has 1 fully saturated rings. The van der Waals surface area contributed by atoms with Gasteiger partial charge in [-0.25, -0.2) is 0 Å². The maximum atomic E-state index is 2.86. The lowest BCUT2D eigenvalue weighted by Crippen LogP contribution is -2.47. The lowest BCUT2D eigenvalue weighted by Gasteiger charge is -2.38. The molecule has 36 heavy (non-hydrogen) atoms. The highest BCUT2D eigenvalue weighted by Crippen LogP contribution is 2.50. The van der Waals surface area contributed by atoms with Gasteiger partial charge in [0.15, 0.2) is 0 Å². The normalized spacial score (nSPS) is 23.9. The minimum absolute atomic E-state index is 0.510. The van der Waals surface area contributed by atoms with Crippen LogP contribution in [-0.4, -0.2) is 19.8 Å². The summed E-state index contributed by atoms with van der Waals surface area (Å²) in [6.45, 7) is 13.2. The topological polar surface area (TPSA) is 6.48 Å². The number of benzene rings is 2. The lowest BCUT2D eigenvalue weighted by atomic mass is 9.73. The molecule has 0 N–H and O–H groups in total. The monoisotopic (exact) mass is 486 g/mol. The van der Waals surface area contributed by atoms with Crippen LogP contribution in [0.3, 0.4) is 0 Å². The highest BCUT2D eigenvalue weighted by atomic mass is 15.4. The molecular formula is C34H50N2. The molecule has 2 aromatic rings. The Balaban J connectivity index is 1.53. The van der Waals surface area contributed by atoms with Gasteiger partial charge in [-0.15, -0.1) is 0 Å². The van der Waals surface area contributed by atoms with E-state index in [0.29, 0.717) is 18.0 Å². The second kappa shape index (κ2) is 10.8. The van der Waals surface area contributed by atoms with Crippen molar-refractivity contribution in [2.75, 3.05) is 23.4 Å². The highest BCUT2D eigenvalue weighted by molar-refractivity contribution is 5.82. The molecule has 2 unspecified atom stereocenters. The van der Waals surface area contributed by atoms with Gasteiger partial charge in [0.1, 0.15) is 6.17 Å². The fraction of sp³-hybridized carbons (Fsp3) is 0.647. The van der Waals surface area contributed by atoms with Crippen molar-refractivity contribution in [2.24, 2.45) is 29.6 Å². The molecule has 3 aliphatic rings. The number of fused-ring (bicyclic) bond motifs is 3. The number of rotatable bonds is 8. The summed E-state index contributed by atoms with van der Waals surface area (Å²) >= 11 is 0. The van der Waals surface area contributed by atoms with Crippen molar-refractivity contribution in [1.82, 2.24) is 0 Å². The van der Waals surface area contributed by atoms with Crippen LogP contribution in [0.5, 0.6) is 0 Å². The molecule has 0 amide bonds. The van der Waals surface area contributed by atoms with E-state index >= 15 is 0 Å². The predicted molar refractivity (Wildman–Crippen MR) is 156 cm³/mol. The Hall–Kier alpha value is -1.96. The molecule has 5 rings (SSSR count). The lowest BCUT2D eigenvalue weighted by molar-refractivity contribution is 0.252. The van der Waals surface area contributed by atoms with Gasteiger partial charge in [-0.2, -0.15) is 0 Å². The third kappa shape index (κ3) is 4.94. The first kappa shape index (κ1) is 25.7. The molecule has 0 bridgehead atoms. The summed E-state index contributed by atoms with van der Waals surface area (Å²) in [5.74, 6) is 4.41. The molecule has 1 heterocycles. The number of aryl methyl sites for hydroxylation is 1. The molecule has 0 radical (unpaired) electrons. The summed E-state index contributed by atoms with van der Waals surface area (Å²) in [5.41, 5.74) is 7.93. The van der Waals surface area contributed by atoms with Gasteiger partial charge < -0.3 is 9.80 Å². The summed E-state index contributed by atoms with van der Waals surface area (Å²) in [5, 5.41) is 0. The van der Waals surface area contributed by atoms with E-state index in [1.807, 2.05) is 0 Å². The molecule has 0 saturated heterocycles. The van der Waals surface area contributed by atoms with E-state index in [-0.39, 0.29) is 0 Å². The van der Waals surface area contributed by atoms with Gasteiger partial charge in [0, 0.05) is 19.5 Å². The minimum Gasteiger partial charge on any atom is -0.352 e. The summed E-state index contributed by atoms with van der Waals surface area (Å²) in [7, 11) is 2.43. The standard InChI is InChI=1S/C34H50N2/c1-23(2)20-30(26-12-8-7-9-13-26)22-36-32-19-18-27-16-17-29(25(5)24(3)4)21-31(27)33(32)35(6)34(36)28-14-10-11-15-28/h7-9,12-13,18-19,23-25,28-30,34H,10-11,14-17,20-22H2,1-6H3/t25?,29-,30+,34?/m1/s1. The average Bonchev–Trinajstić information content (AvgIpc) is 3.49. The van der Waals surface area contributed by atoms with E-state index in [9.17, 15) is 0 Å². The van der Waals surface area contributed by atoms with Gasteiger partial charge in [-0.05, 0) is 90.9 Å².